The highest BCUT2D eigenvalue weighted by Gasteiger charge is 2.05. The summed E-state index contributed by atoms with van der Waals surface area (Å²) in [6, 6.07) is 4.13. The van der Waals surface area contributed by atoms with Crippen LogP contribution < -0.4 is 5.32 Å². The second-order valence-electron chi connectivity index (χ2n) is 3.96. The van der Waals surface area contributed by atoms with Gasteiger partial charge in [0, 0.05) is 23.9 Å². The molecule has 2 N–H and O–H groups in total. The van der Waals surface area contributed by atoms with Gasteiger partial charge in [-0.2, -0.15) is 0 Å². The third kappa shape index (κ3) is 7.32. The number of halogens is 2. The van der Waals surface area contributed by atoms with Gasteiger partial charge in [-0.05, 0) is 25.1 Å². The maximum Gasteiger partial charge on any atom is 0.126 e. The number of ether oxygens (including phenoxy) is 2. The van der Waals surface area contributed by atoms with Crippen LogP contribution in [0.1, 0.15) is 6.92 Å². The SMILES string of the molecule is CCOCCOCC(O)CNc1cc(F)cc(Cl)c1. The van der Waals surface area contributed by atoms with E-state index in [4.69, 9.17) is 21.1 Å². The lowest BCUT2D eigenvalue weighted by Crippen LogP contribution is -2.25. The predicted molar refractivity (Wildman–Crippen MR) is 73.2 cm³/mol. The average Bonchev–Trinajstić information content (AvgIpc) is 2.35. The summed E-state index contributed by atoms with van der Waals surface area (Å²) in [5.74, 6) is -0.419. The molecule has 0 amide bonds. The van der Waals surface area contributed by atoms with Gasteiger partial charge in [-0.25, -0.2) is 4.39 Å². The molecule has 1 unspecified atom stereocenters. The van der Waals surface area contributed by atoms with E-state index in [9.17, 15) is 9.50 Å². The molecular weight excluding hydrogens is 273 g/mol. The Hall–Kier alpha value is -0.880. The Kier molecular flexibility index (Phi) is 7.74. The van der Waals surface area contributed by atoms with E-state index in [1.807, 2.05) is 6.92 Å². The van der Waals surface area contributed by atoms with Gasteiger partial charge in [0.25, 0.3) is 0 Å². The smallest absolute Gasteiger partial charge is 0.126 e. The first-order chi connectivity index (χ1) is 9.11. The van der Waals surface area contributed by atoms with Crippen LogP contribution in [0.2, 0.25) is 5.02 Å². The highest BCUT2D eigenvalue weighted by atomic mass is 35.5. The fraction of sp³-hybridized carbons (Fsp3) is 0.538. The average molecular weight is 292 g/mol. The minimum absolute atomic E-state index is 0.198. The van der Waals surface area contributed by atoms with Crippen LogP contribution in [-0.4, -0.2) is 44.2 Å². The van der Waals surface area contributed by atoms with Gasteiger partial charge >= 0.3 is 0 Å². The number of nitrogens with one attached hydrogen (secondary N) is 1. The number of hydrogen-bond donors (Lipinski definition) is 2. The van der Waals surface area contributed by atoms with Crippen LogP contribution in [0, 0.1) is 5.82 Å². The highest BCUT2D eigenvalue weighted by Crippen LogP contribution is 2.17. The number of aliphatic hydroxyl groups excluding tert-OH is 1. The van der Waals surface area contributed by atoms with Gasteiger partial charge in [0.2, 0.25) is 0 Å². The van der Waals surface area contributed by atoms with E-state index < -0.39 is 11.9 Å². The van der Waals surface area contributed by atoms with Gasteiger partial charge in [-0.3, -0.25) is 0 Å². The Morgan fingerprint density at radius 3 is 2.74 bits per heavy atom. The molecule has 0 heterocycles. The van der Waals surface area contributed by atoms with Crippen molar-refractivity contribution in [1.29, 1.82) is 0 Å². The summed E-state index contributed by atoms with van der Waals surface area (Å²) in [5.41, 5.74) is 0.526. The van der Waals surface area contributed by atoms with E-state index in [2.05, 4.69) is 5.32 Å². The van der Waals surface area contributed by atoms with Crippen LogP contribution >= 0.6 is 11.6 Å². The summed E-state index contributed by atoms with van der Waals surface area (Å²) in [6.07, 6.45) is -0.677. The predicted octanol–water partition coefficient (Wildman–Crippen LogP) is 2.30. The number of benzene rings is 1. The van der Waals surface area contributed by atoms with Gasteiger partial charge < -0.3 is 19.9 Å². The van der Waals surface area contributed by atoms with Crippen molar-refractivity contribution in [1.82, 2.24) is 0 Å². The molecule has 1 aromatic rings. The first kappa shape index (κ1) is 16.2. The molecule has 0 aliphatic carbocycles. The topological polar surface area (TPSA) is 50.7 Å². The van der Waals surface area contributed by atoms with E-state index in [0.717, 1.165) is 0 Å². The van der Waals surface area contributed by atoms with E-state index in [-0.39, 0.29) is 13.2 Å². The molecule has 0 spiro atoms. The van der Waals surface area contributed by atoms with Crippen molar-refractivity contribution in [2.24, 2.45) is 0 Å². The van der Waals surface area contributed by atoms with Gasteiger partial charge in [0.05, 0.1) is 25.9 Å². The van der Waals surface area contributed by atoms with Crippen LogP contribution in [-0.2, 0) is 9.47 Å². The highest BCUT2D eigenvalue weighted by molar-refractivity contribution is 6.30. The van der Waals surface area contributed by atoms with Crippen molar-refractivity contribution in [3.63, 3.8) is 0 Å². The number of anilines is 1. The number of aliphatic hydroxyl groups is 1. The van der Waals surface area contributed by atoms with Crippen LogP contribution in [0.4, 0.5) is 10.1 Å². The zero-order chi connectivity index (χ0) is 14.1. The fourth-order valence-electron chi connectivity index (χ4n) is 1.43. The van der Waals surface area contributed by atoms with Crippen LogP contribution in [0.25, 0.3) is 0 Å². The molecule has 0 aromatic heterocycles. The van der Waals surface area contributed by atoms with Gasteiger partial charge in [0.15, 0.2) is 0 Å². The molecule has 108 valence electrons. The molecule has 6 heteroatoms. The third-order valence-corrected chi connectivity index (χ3v) is 2.51. The molecular formula is C13H19ClFNO3. The van der Waals surface area contributed by atoms with Gasteiger partial charge in [-0.15, -0.1) is 0 Å². The molecule has 0 bridgehead atoms. The van der Waals surface area contributed by atoms with Crippen LogP contribution in [0.5, 0.6) is 0 Å². The quantitative estimate of drug-likeness (QED) is 0.686. The number of rotatable bonds is 9. The molecule has 1 atom stereocenters. The molecule has 1 rings (SSSR count). The Bertz CT molecular complexity index is 359. The normalized spacial score (nSPS) is 12.4. The Balaban J connectivity index is 2.20. The first-order valence-electron chi connectivity index (χ1n) is 6.15. The molecule has 0 radical (unpaired) electrons. The Morgan fingerprint density at radius 1 is 1.32 bits per heavy atom. The summed E-state index contributed by atoms with van der Waals surface area (Å²) in [7, 11) is 0. The maximum absolute atomic E-state index is 13.0. The van der Waals surface area contributed by atoms with E-state index >= 15 is 0 Å². The van der Waals surface area contributed by atoms with Gasteiger partial charge in [0.1, 0.15) is 5.82 Å². The molecule has 4 nitrogen and oxygen atoms in total. The van der Waals surface area contributed by atoms with Crippen molar-refractivity contribution >= 4 is 17.3 Å². The van der Waals surface area contributed by atoms with Crippen molar-refractivity contribution in [3.05, 3.63) is 29.0 Å². The summed E-state index contributed by atoms with van der Waals surface area (Å²) in [6.45, 7) is 3.96. The van der Waals surface area contributed by atoms with Crippen LogP contribution in [0.15, 0.2) is 18.2 Å². The van der Waals surface area contributed by atoms with Crippen LogP contribution in [0.3, 0.4) is 0 Å². The van der Waals surface area contributed by atoms with E-state index in [0.29, 0.717) is 30.5 Å². The standard InChI is InChI=1S/C13H19ClFNO3/c1-2-18-3-4-19-9-13(17)8-16-12-6-10(14)5-11(15)7-12/h5-7,13,16-17H,2-4,8-9H2,1H3. The first-order valence-corrected chi connectivity index (χ1v) is 6.53. The number of hydrogen-bond acceptors (Lipinski definition) is 4. The molecule has 0 aliphatic rings. The zero-order valence-electron chi connectivity index (χ0n) is 10.9. The Morgan fingerprint density at radius 2 is 2.05 bits per heavy atom. The van der Waals surface area contributed by atoms with Crippen molar-refractivity contribution in [2.75, 3.05) is 38.3 Å². The van der Waals surface area contributed by atoms with Crippen molar-refractivity contribution in [3.8, 4) is 0 Å². The Labute approximate surface area is 117 Å². The lowest BCUT2D eigenvalue weighted by Gasteiger charge is -2.13. The van der Waals surface area contributed by atoms with Gasteiger partial charge in [-0.1, -0.05) is 11.6 Å². The van der Waals surface area contributed by atoms with Crippen molar-refractivity contribution < 1.29 is 19.0 Å². The summed E-state index contributed by atoms with van der Waals surface area (Å²) < 4.78 is 23.4. The zero-order valence-corrected chi connectivity index (χ0v) is 11.6. The molecule has 19 heavy (non-hydrogen) atoms. The monoisotopic (exact) mass is 291 g/mol. The molecule has 0 aliphatic heterocycles. The summed E-state index contributed by atoms with van der Waals surface area (Å²) >= 11 is 5.72. The minimum atomic E-state index is -0.677. The molecule has 0 fully saturated rings. The maximum atomic E-state index is 13.0. The van der Waals surface area contributed by atoms with E-state index in [1.54, 1.807) is 6.07 Å². The summed E-state index contributed by atoms with van der Waals surface area (Å²) in [5, 5.41) is 12.9. The lowest BCUT2D eigenvalue weighted by atomic mass is 10.3. The summed E-state index contributed by atoms with van der Waals surface area (Å²) in [4.78, 5) is 0. The molecule has 0 saturated carbocycles. The van der Waals surface area contributed by atoms with E-state index in [1.165, 1.54) is 12.1 Å². The lowest BCUT2D eigenvalue weighted by molar-refractivity contribution is 0.0103. The second kappa shape index (κ2) is 9.09. The fourth-order valence-corrected chi connectivity index (χ4v) is 1.65. The second-order valence-corrected chi connectivity index (χ2v) is 4.40. The third-order valence-electron chi connectivity index (χ3n) is 2.29. The molecule has 0 saturated heterocycles. The minimum Gasteiger partial charge on any atom is -0.389 e. The van der Waals surface area contributed by atoms with Crippen molar-refractivity contribution in [2.45, 2.75) is 13.0 Å². The largest absolute Gasteiger partial charge is 0.389 e. The molecule has 1 aromatic carbocycles.